The molecule has 0 aromatic heterocycles. The van der Waals surface area contributed by atoms with Crippen molar-refractivity contribution in [1.82, 2.24) is 10.2 Å². The van der Waals surface area contributed by atoms with Gasteiger partial charge in [-0.3, -0.25) is 4.90 Å². The first kappa shape index (κ1) is 27.0. The SMILES string of the molecule is c1ccc(CN(CCNCC[P+](c2ccccc2)(c2ccccc2)c2ccccc2)Cc2ccccc2)cc1. The van der Waals surface area contributed by atoms with Crippen LogP contribution >= 0.6 is 7.26 Å². The predicted octanol–water partition coefficient (Wildman–Crippen LogP) is 6.27. The first-order valence-electron chi connectivity index (χ1n) is 13.9. The highest BCUT2D eigenvalue weighted by Gasteiger charge is 2.44. The molecule has 0 saturated carbocycles. The lowest BCUT2D eigenvalue weighted by Crippen LogP contribution is -2.38. The Bertz CT molecular complexity index is 1220. The monoisotopic (exact) mass is 529 g/mol. The molecule has 0 unspecified atom stereocenters. The molecule has 2 nitrogen and oxygen atoms in total. The van der Waals surface area contributed by atoms with E-state index in [0.717, 1.165) is 38.9 Å². The quantitative estimate of drug-likeness (QED) is 0.143. The lowest BCUT2D eigenvalue weighted by molar-refractivity contribution is 0.257. The second-order valence-electron chi connectivity index (χ2n) is 9.97. The lowest BCUT2D eigenvalue weighted by atomic mass is 10.1. The summed E-state index contributed by atoms with van der Waals surface area (Å²) in [4.78, 5) is 2.55. The maximum atomic E-state index is 3.84. The molecule has 0 bridgehead atoms. The van der Waals surface area contributed by atoms with Crippen molar-refractivity contribution in [3.05, 3.63) is 163 Å². The van der Waals surface area contributed by atoms with Crippen molar-refractivity contribution in [2.24, 2.45) is 0 Å². The molecule has 0 saturated heterocycles. The Balaban J connectivity index is 1.31. The molecular formula is C36H38N2P+. The summed E-state index contributed by atoms with van der Waals surface area (Å²) in [6, 6.07) is 55.1. The summed E-state index contributed by atoms with van der Waals surface area (Å²) < 4.78 is 0. The molecule has 0 spiro atoms. The predicted molar refractivity (Wildman–Crippen MR) is 170 cm³/mol. The molecule has 0 aliphatic carbocycles. The third-order valence-electron chi connectivity index (χ3n) is 7.32. The lowest BCUT2D eigenvalue weighted by Gasteiger charge is -2.28. The number of nitrogens with one attached hydrogen (secondary N) is 1. The molecule has 0 heterocycles. The third kappa shape index (κ3) is 7.11. The number of rotatable bonds is 13. The van der Waals surface area contributed by atoms with Gasteiger partial charge in [-0.05, 0) is 47.5 Å². The first-order valence-corrected chi connectivity index (χ1v) is 15.9. The van der Waals surface area contributed by atoms with Crippen LogP contribution < -0.4 is 21.2 Å². The van der Waals surface area contributed by atoms with E-state index in [1.54, 1.807) is 0 Å². The number of hydrogen-bond acceptors (Lipinski definition) is 2. The zero-order valence-corrected chi connectivity index (χ0v) is 23.5. The Kier molecular flexibility index (Phi) is 9.71. The maximum absolute atomic E-state index is 3.84. The minimum Gasteiger partial charge on any atom is -0.312 e. The minimum absolute atomic E-state index is 0.951. The second-order valence-corrected chi connectivity index (χ2v) is 13.6. The second kappa shape index (κ2) is 14.0. The summed E-state index contributed by atoms with van der Waals surface area (Å²) >= 11 is 0. The van der Waals surface area contributed by atoms with Gasteiger partial charge in [0.05, 0.1) is 6.16 Å². The van der Waals surface area contributed by atoms with E-state index in [2.05, 4.69) is 162 Å². The number of benzene rings is 5. The average molecular weight is 530 g/mol. The Labute approximate surface area is 234 Å². The molecule has 1 N–H and O–H groups in total. The molecule has 39 heavy (non-hydrogen) atoms. The van der Waals surface area contributed by atoms with E-state index in [-0.39, 0.29) is 0 Å². The maximum Gasteiger partial charge on any atom is 0.113 e. The smallest absolute Gasteiger partial charge is 0.113 e. The molecule has 0 amide bonds. The van der Waals surface area contributed by atoms with Crippen molar-refractivity contribution < 1.29 is 0 Å². The van der Waals surface area contributed by atoms with Crippen LogP contribution in [0, 0.1) is 0 Å². The molecule has 5 rings (SSSR count). The molecule has 0 aliphatic rings. The first-order chi connectivity index (χ1) is 19.3. The molecule has 0 atom stereocenters. The van der Waals surface area contributed by atoms with Crippen LogP contribution in [-0.4, -0.2) is 30.7 Å². The van der Waals surface area contributed by atoms with E-state index in [0.29, 0.717) is 0 Å². The highest BCUT2D eigenvalue weighted by atomic mass is 31.2. The van der Waals surface area contributed by atoms with Gasteiger partial charge in [0.1, 0.15) is 23.2 Å². The van der Waals surface area contributed by atoms with Crippen LogP contribution in [0.3, 0.4) is 0 Å². The molecule has 0 aliphatic heterocycles. The molecule has 3 heteroatoms. The largest absolute Gasteiger partial charge is 0.312 e. The van der Waals surface area contributed by atoms with Crippen molar-refractivity contribution in [2.45, 2.75) is 13.1 Å². The van der Waals surface area contributed by atoms with Gasteiger partial charge >= 0.3 is 0 Å². The Morgan fingerprint density at radius 1 is 0.436 bits per heavy atom. The van der Waals surface area contributed by atoms with E-state index in [1.807, 2.05) is 0 Å². The molecule has 5 aromatic carbocycles. The van der Waals surface area contributed by atoms with Crippen molar-refractivity contribution in [2.75, 3.05) is 25.8 Å². The van der Waals surface area contributed by atoms with E-state index in [9.17, 15) is 0 Å². The summed E-state index contributed by atoms with van der Waals surface area (Å²) in [5.41, 5.74) is 2.71. The van der Waals surface area contributed by atoms with Crippen molar-refractivity contribution in [1.29, 1.82) is 0 Å². The van der Waals surface area contributed by atoms with Crippen molar-refractivity contribution in [3.8, 4) is 0 Å². The normalized spacial score (nSPS) is 11.5. The summed E-state index contributed by atoms with van der Waals surface area (Å²) in [6.07, 6.45) is 1.09. The molecule has 0 fully saturated rings. The Hall–Kier alpha value is -3.55. The van der Waals surface area contributed by atoms with Gasteiger partial charge in [0.25, 0.3) is 0 Å². The topological polar surface area (TPSA) is 15.3 Å². The van der Waals surface area contributed by atoms with Crippen LogP contribution in [0.2, 0.25) is 0 Å². The van der Waals surface area contributed by atoms with Crippen molar-refractivity contribution >= 4 is 23.2 Å². The van der Waals surface area contributed by atoms with Crippen LogP contribution in [0.1, 0.15) is 11.1 Å². The van der Waals surface area contributed by atoms with Gasteiger partial charge in [-0.25, -0.2) is 0 Å². The molecule has 5 aromatic rings. The van der Waals surface area contributed by atoms with Crippen LogP contribution in [-0.2, 0) is 13.1 Å². The average Bonchev–Trinajstić information content (AvgIpc) is 3.01. The summed E-state index contributed by atoms with van der Waals surface area (Å²) in [5.74, 6) is 0. The summed E-state index contributed by atoms with van der Waals surface area (Å²) in [6.45, 7) is 4.82. The van der Waals surface area contributed by atoms with Crippen molar-refractivity contribution in [3.63, 3.8) is 0 Å². The molecular weight excluding hydrogens is 491 g/mol. The van der Waals surface area contributed by atoms with E-state index >= 15 is 0 Å². The van der Waals surface area contributed by atoms with Gasteiger partial charge < -0.3 is 5.32 Å². The number of nitrogens with zero attached hydrogens (tertiary/aromatic N) is 1. The standard InChI is InChI=1S/C36H38N2P/c1-6-16-32(17-7-1)30-38(31-33-18-8-2-9-19-33)28-26-37-27-29-39(34-20-10-3-11-21-34,35-22-12-4-13-23-35)36-24-14-5-15-25-36/h1-25,37H,26-31H2/q+1. The van der Waals surface area contributed by atoms with Crippen LogP contribution in [0.15, 0.2) is 152 Å². The zero-order valence-electron chi connectivity index (χ0n) is 22.6. The molecule has 0 radical (unpaired) electrons. The van der Waals surface area contributed by atoms with Gasteiger partial charge in [0.2, 0.25) is 0 Å². The highest BCUT2D eigenvalue weighted by Crippen LogP contribution is 2.54. The fourth-order valence-corrected chi connectivity index (χ4v) is 9.59. The third-order valence-corrected chi connectivity index (χ3v) is 11.8. The minimum atomic E-state index is -1.80. The van der Waals surface area contributed by atoms with Crippen LogP contribution in [0.5, 0.6) is 0 Å². The molecule has 196 valence electrons. The summed E-state index contributed by atoms with van der Waals surface area (Å²) in [5, 5.41) is 8.17. The Morgan fingerprint density at radius 3 is 1.18 bits per heavy atom. The summed E-state index contributed by atoms with van der Waals surface area (Å²) in [7, 11) is -1.80. The van der Waals surface area contributed by atoms with E-state index in [4.69, 9.17) is 0 Å². The fraction of sp³-hybridized carbons (Fsp3) is 0.167. The van der Waals surface area contributed by atoms with Gasteiger partial charge in [0.15, 0.2) is 0 Å². The fourth-order valence-electron chi connectivity index (χ4n) is 5.39. The Morgan fingerprint density at radius 2 is 0.795 bits per heavy atom. The van der Waals surface area contributed by atoms with Gasteiger partial charge in [0, 0.05) is 32.7 Å². The zero-order chi connectivity index (χ0) is 26.6. The van der Waals surface area contributed by atoms with E-state index < -0.39 is 7.26 Å². The van der Waals surface area contributed by atoms with Gasteiger partial charge in [-0.2, -0.15) is 0 Å². The van der Waals surface area contributed by atoms with Gasteiger partial charge in [-0.15, -0.1) is 0 Å². The van der Waals surface area contributed by atoms with Gasteiger partial charge in [-0.1, -0.05) is 115 Å². The highest BCUT2D eigenvalue weighted by molar-refractivity contribution is 7.95. The van der Waals surface area contributed by atoms with Crippen LogP contribution in [0.4, 0.5) is 0 Å². The van der Waals surface area contributed by atoms with E-state index in [1.165, 1.54) is 27.0 Å². The van der Waals surface area contributed by atoms with Crippen LogP contribution in [0.25, 0.3) is 0 Å². The number of hydrogen-bond donors (Lipinski definition) is 1.